The Hall–Kier alpha value is -3.25. The van der Waals surface area contributed by atoms with Crippen LogP contribution in [0, 0.1) is 13.8 Å². The highest BCUT2D eigenvalue weighted by Gasteiger charge is 2.33. The van der Waals surface area contributed by atoms with Gasteiger partial charge in [0.25, 0.3) is 5.91 Å². The Labute approximate surface area is 199 Å². The Kier molecular flexibility index (Phi) is 7.04. The van der Waals surface area contributed by atoms with E-state index in [1.54, 1.807) is 4.90 Å². The zero-order valence-corrected chi connectivity index (χ0v) is 20.4. The second kappa shape index (κ2) is 10.1. The molecule has 4 rings (SSSR count). The predicted molar refractivity (Wildman–Crippen MR) is 138 cm³/mol. The maximum atomic E-state index is 13.2. The molecule has 6 heteroatoms. The maximum Gasteiger partial charge on any atom is 0.266 e. The topological polar surface area (TPSA) is 46.8 Å². The van der Waals surface area contributed by atoms with E-state index in [0.29, 0.717) is 18.1 Å². The Morgan fingerprint density at radius 3 is 2.42 bits per heavy atom. The molecule has 0 aliphatic carbocycles. The summed E-state index contributed by atoms with van der Waals surface area (Å²) < 4.78 is 7.77. The molecule has 5 nitrogen and oxygen atoms in total. The fraction of sp³-hybridized carbons (Fsp3) is 0.259. The van der Waals surface area contributed by atoms with E-state index in [0.717, 1.165) is 45.7 Å². The van der Waals surface area contributed by atoms with Gasteiger partial charge in [0.15, 0.2) is 5.17 Å². The number of ether oxygens (including phenoxy) is 1. The number of amidine groups is 1. The molecule has 0 radical (unpaired) electrons. The summed E-state index contributed by atoms with van der Waals surface area (Å²) in [5.74, 6) is 0.877. The van der Waals surface area contributed by atoms with Crippen molar-refractivity contribution in [1.82, 2.24) is 9.47 Å². The Bertz CT molecular complexity index is 1190. The molecule has 1 aliphatic heterocycles. The van der Waals surface area contributed by atoms with Gasteiger partial charge >= 0.3 is 0 Å². The van der Waals surface area contributed by atoms with Gasteiger partial charge in [-0.05, 0) is 93.1 Å². The van der Waals surface area contributed by atoms with E-state index in [2.05, 4.69) is 43.5 Å². The monoisotopic (exact) mass is 459 g/mol. The van der Waals surface area contributed by atoms with Crippen molar-refractivity contribution >= 4 is 34.6 Å². The van der Waals surface area contributed by atoms with E-state index in [1.807, 2.05) is 55.5 Å². The van der Waals surface area contributed by atoms with Gasteiger partial charge in [0.2, 0.25) is 0 Å². The van der Waals surface area contributed by atoms with Crippen molar-refractivity contribution in [3.05, 3.63) is 82.5 Å². The van der Waals surface area contributed by atoms with Crippen LogP contribution in [0.1, 0.15) is 37.2 Å². The first kappa shape index (κ1) is 22.9. The standard InChI is InChI=1S/C27H29N3O2S/c1-5-16-29-26(31)25(33-27(29)28-22-10-8-7-9-11-22)18-21-17-19(3)30(20(21)4)23-12-14-24(15-13-23)32-6-2/h7-15,17-18H,5-6,16H2,1-4H3/b25-18+,28-27?. The lowest BCUT2D eigenvalue weighted by atomic mass is 10.2. The summed E-state index contributed by atoms with van der Waals surface area (Å²) in [7, 11) is 0. The molecule has 1 saturated heterocycles. The number of hydrogen-bond donors (Lipinski definition) is 0. The van der Waals surface area contributed by atoms with Crippen LogP contribution in [0.15, 0.2) is 70.6 Å². The van der Waals surface area contributed by atoms with E-state index >= 15 is 0 Å². The molecule has 1 fully saturated rings. The van der Waals surface area contributed by atoms with Crippen LogP contribution in [0.25, 0.3) is 11.8 Å². The molecule has 170 valence electrons. The van der Waals surface area contributed by atoms with E-state index in [9.17, 15) is 4.79 Å². The second-order valence-electron chi connectivity index (χ2n) is 7.89. The molecule has 0 bridgehead atoms. The average molecular weight is 460 g/mol. The quantitative estimate of drug-likeness (QED) is 0.379. The van der Waals surface area contributed by atoms with Crippen LogP contribution >= 0.6 is 11.8 Å². The van der Waals surface area contributed by atoms with Gasteiger partial charge in [-0.3, -0.25) is 9.69 Å². The third kappa shape index (κ3) is 4.91. The molecule has 3 aromatic rings. The average Bonchev–Trinajstić information content (AvgIpc) is 3.25. The van der Waals surface area contributed by atoms with Crippen molar-refractivity contribution in [2.24, 2.45) is 4.99 Å². The Morgan fingerprint density at radius 1 is 1.03 bits per heavy atom. The van der Waals surface area contributed by atoms with Crippen molar-refractivity contribution in [3.8, 4) is 11.4 Å². The maximum absolute atomic E-state index is 13.2. The molecule has 2 heterocycles. The molecular weight excluding hydrogens is 430 g/mol. The Morgan fingerprint density at radius 2 is 1.76 bits per heavy atom. The zero-order chi connectivity index (χ0) is 23.4. The minimum Gasteiger partial charge on any atom is -0.494 e. The van der Waals surface area contributed by atoms with Crippen molar-refractivity contribution in [1.29, 1.82) is 0 Å². The SMILES string of the molecule is CCCN1C(=O)/C(=C\c2cc(C)n(-c3ccc(OCC)cc3)c2C)SC1=Nc1ccccc1. The predicted octanol–water partition coefficient (Wildman–Crippen LogP) is 6.51. The van der Waals surface area contributed by atoms with Crippen molar-refractivity contribution < 1.29 is 9.53 Å². The molecule has 0 spiro atoms. The summed E-state index contributed by atoms with van der Waals surface area (Å²) in [6, 6.07) is 20.0. The van der Waals surface area contributed by atoms with Gasteiger partial charge in [-0.2, -0.15) is 0 Å². The summed E-state index contributed by atoms with van der Waals surface area (Å²) >= 11 is 1.45. The highest BCUT2D eigenvalue weighted by molar-refractivity contribution is 8.18. The van der Waals surface area contributed by atoms with Crippen LogP contribution in [0.3, 0.4) is 0 Å². The molecule has 1 aliphatic rings. The van der Waals surface area contributed by atoms with Gasteiger partial charge in [-0.25, -0.2) is 4.99 Å². The number of carbonyl (C=O) groups excluding carboxylic acids is 1. The third-order valence-electron chi connectivity index (χ3n) is 5.48. The second-order valence-corrected chi connectivity index (χ2v) is 8.90. The number of thioether (sulfide) groups is 1. The molecule has 33 heavy (non-hydrogen) atoms. The zero-order valence-electron chi connectivity index (χ0n) is 19.5. The largest absolute Gasteiger partial charge is 0.494 e. The fourth-order valence-electron chi connectivity index (χ4n) is 3.96. The van der Waals surface area contributed by atoms with Crippen molar-refractivity contribution in [2.75, 3.05) is 13.2 Å². The molecule has 1 amide bonds. The van der Waals surface area contributed by atoms with E-state index in [1.165, 1.54) is 11.8 Å². The number of carbonyl (C=O) groups is 1. The van der Waals surface area contributed by atoms with E-state index in [-0.39, 0.29) is 5.91 Å². The molecule has 0 N–H and O–H groups in total. The lowest BCUT2D eigenvalue weighted by Crippen LogP contribution is -2.29. The molecule has 2 aromatic carbocycles. The summed E-state index contributed by atoms with van der Waals surface area (Å²) in [4.78, 5) is 20.4. The summed E-state index contributed by atoms with van der Waals surface area (Å²) in [5.41, 5.74) is 5.16. The molecule has 0 unspecified atom stereocenters. The fourth-order valence-corrected chi connectivity index (χ4v) is 4.97. The molecular formula is C27H29N3O2S. The summed E-state index contributed by atoms with van der Waals surface area (Å²) in [6.45, 7) is 9.52. The van der Waals surface area contributed by atoms with Crippen LogP contribution in [0.2, 0.25) is 0 Å². The van der Waals surface area contributed by atoms with Crippen LogP contribution in [0.5, 0.6) is 5.75 Å². The van der Waals surface area contributed by atoms with Gasteiger partial charge in [-0.1, -0.05) is 25.1 Å². The minimum atomic E-state index is 0.0161. The van der Waals surface area contributed by atoms with Crippen LogP contribution < -0.4 is 4.74 Å². The molecule has 1 aromatic heterocycles. The number of amides is 1. The van der Waals surface area contributed by atoms with Gasteiger partial charge in [-0.15, -0.1) is 0 Å². The number of aliphatic imine (C=N–C) groups is 1. The first-order valence-electron chi connectivity index (χ1n) is 11.3. The number of rotatable bonds is 7. The summed E-state index contributed by atoms with van der Waals surface area (Å²) in [5, 5.41) is 0.736. The van der Waals surface area contributed by atoms with Gasteiger partial charge in [0.1, 0.15) is 5.75 Å². The minimum absolute atomic E-state index is 0.0161. The highest BCUT2D eigenvalue weighted by Crippen LogP contribution is 2.35. The van der Waals surface area contributed by atoms with E-state index in [4.69, 9.17) is 9.73 Å². The smallest absolute Gasteiger partial charge is 0.266 e. The molecule has 0 atom stereocenters. The lowest BCUT2D eigenvalue weighted by molar-refractivity contribution is -0.122. The normalized spacial score (nSPS) is 16.2. The van der Waals surface area contributed by atoms with Crippen LogP contribution in [0.4, 0.5) is 5.69 Å². The summed E-state index contributed by atoms with van der Waals surface area (Å²) in [6.07, 6.45) is 2.87. The molecule has 0 saturated carbocycles. The number of benzene rings is 2. The van der Waals surface area contributed by atoms with Gasteiger partial charge in [0, 0.05) is 23.6 Å². The van der Waals surface area contributed by atoms with Gasteiger partial charge < -0.3 is 9.30 Å². The number of nitrogens with zero attached hydrogens (tertiary/aromatic N) is 3. The number of hydrogen-bond acceptors (Lipinski definition) is 4. The van der Waals surface area contributed by atoms with Gasteiger partial charge in [0.05, 0.1) is 17.2 Å². The number of aryl methyl sites for hydroxylation is 1. The number of aromatic nitrogens is 1. The van der Waals surface area contributed by atoms with Crippen molar-refractivity contribution in [2.45, 2.75) is 34.1 Å². The van der Waals surface area contributed by atoms with Crippen LogP contribution in [-0.4, -0.2) is 33.7 Å². The first-order valence-corrected chi connectivity index (χ1v) is 12.1. The van der Waals surface area contributed by atoms with E-state index < -0.39 is 0 Å². The highest BCUT2D eigenvalue weighted by atomic mass is 32.2. The lowest BCUT2D eigenvalue weighted by Gasteiger charge is -2.13. The first-order chi connectivity index (χ1) is 16.0. The van der Waals surface area contributed by atoms with Crippen LogP contribution in [-0.2, 0) is 4.79 Å². The third-order valence-corrected chi connectivity index (χ3v) is 6.49. The Balaban J connectivity index is 1.66. The number of para-hydroxylation sites is 1. The van der Waals surface area contributed by atoms with Crippen molar-refractivity contribution in [3.63, 3.8) is 0 Å².